The molecule has 0 radical (unpaired) electrons. The molecular weight excluding hydrogens is 420 g/mol. The predicted molar refractivity (Wildman–Crippen MR) is 123 cm³/mol. The van der Waals surface area contributed by atoms with Crippen LogP contribution in [0.5, 0.6) is 0 Å². The molecule has 0 spiro atoms. The standard InChI is InChI=1S/C27H35F2N3O/c1-27-10-8-20-19-4-3-17(26(28)29)12-16(19)2-5-21(20)22(27)6-7-23(27)25(33)15-32-14-18-9-11-30-13-24(18)31-32/h9,11,13-14,16-17,19-23,26H,2-8,10,12,15H2,1H3. The van der Waals surface area contributed by atoms with Gasteiger partial charge < -0.3 is 0 Å². The first-order valence-electron chi connectivity index (χ1n) is 13.0. The first kappa shape index (κ1) is 21.7. The summed E-state index contributed by atoms with van der Waals surface area (Å²) < 4.78 is 28.5. The third kappa shape index (κ3) is 3.54. The lowest BCUT2D eigenvalue weighted by Crippen LogP contribution is -2.49. The van der Waals surface area contributed by atoms with Gasteiger partial charge >= 0.3 is 0 Å². The van der Waals surface area contributed by atoms with Crippen LogP contribution in [0.15, 0.2) is 24.7 Å². The highest BCUT2D eigenvalue weighted by Crippen LogP contribution is 2.64. The van der Waals surface area contributed by atoms with Gasteiger partial charge in [-0.1, -0.05) is 6.92 Å². The second-order valence-corrected chi connectivity index (χ2v) is 11.7. The van der Waals surface area contributed by atoms with Gasteiger partial charge in [0.25, 0.3) is 0 Å². The molecule has 4 fully saturated rings. The van der Waals surface area contributed by atoms with E-state index in [2.05, 4.69) is 17.0 Å². The molecule has 0 bridgehead atoms. The van der Waals surface area contributed by atoms with Crippen molar-refractivity contribution in [3.8, 4) is 0 Å². The number of ketones is 1. The molecule has 2 aromatic rings. The maximum Gasteiger partial charge on any atom is 0.241 e. The summed E-state index contributed by atoms with van der Waals surface area (Å²) in [6.45, 7) is 2.72. The molecule has 0 aliphatic heterocycles. The normalized spacial score (nSPS) is 40.4. The van der Waals surface area contributed by atoms with Gasteiger partial charge in [0.15, 0.2) is 5.78 Å². The summed E-state index contributed by atoms with van der Waals surface area (Å²) in [6, 6.07) is 1.93. The fourth-order valence-corrected chi connectivity index (χ4v) is 8.92. The van der Waals surface area contributed by atoms with Gasteiger partial charge in [0.1, 0.15) is 5.52 Å². The van der Waals surface area contributed by atoms with E-state index in [1.807, 2.05) is 12.3 Å². The van der Waals surface area contributed by atoms with E-state index in [0.717, 1.165) is 49.4 Å². The molecule has 8 atom stereocenters. The van der Waals surface area contributed by atoms with Crippen LogP contribution in [-0.4, -0.2) is 27.0 Å². The van der Waals surface area contributed by atoms with E-state index in [-0.39, 0.29) is 17.3 Å². The van der Waals surface area contributed by atoms with Crippen molar-refractivity contribution < 1.29 is 13.6 Å². The highest BCUT2D eigenvalue weighted by Gasteiger charge is 2.58. The largest absolute Gasteiger partial charge is 0.297 e. The molecule has 0 amide bonds. The minimum atomic E-state index is -2.15. The van der Waals surface area contributed by atoms with Crippen LogP contribution in [0, 0.1) is 46.8 Å². The highest BCUT2D eigenvalue weighted by molar-refractivity contribution is 5.83. The highest BCUT2D eigenvalue weighted by atomic mass is 19.3. The number of aromatic nitrogens is 3. The van der Waals surface area contributed by atoms with E-state index in [1.165, 1.54) is 12.8 Å². The second kappa shape index (κ2) is 8.13. The van der Waals surface area contributed by atoms with E-state index in [4.69, 9.17) is 0 Å². The maximum atomic E-state index is 13.5. The number of pyridine rings is 1. The second-order valence-electron chi connectivity index (χ2n) is 11.7. The summed E-state index contributed by atoms with van der Waals surface area (Å²) in [5.74, 6) is 3.20. The Hall–Kier alpha value is -1.85. The van der Waals surface area contributed by atoms with Crippen molar-refractivity contribution >= 4 is 16.7 Å². The van der Waals surface area contributed by atoms with Crippen LogP contribution < -0.4 is 0 Å². The number of carbonyl (C=O) groups is 1. The van der Waals surface area contributed by atoms with E-state index in [9.17, 15) is 13.6 Å². The smallest absolute Gasteiger partial charge is 0.241 e. The molecule has 0 N–H and O–H groups in total. The average Bonchev–Trinajstić information content (AvgIpc) is 3.38. The van der Waals surface area contributed by atoms with Crippen molar-refractivity contribution in [2.45, 2.75) is 77.7 Å². The monoisotopic (exact) mass is 455 g/mol. The fourth-order valence-electron chi connectivity index (χ4n) is 8.92. The number of nitrogens with zero attached hydrogens (tertiary/aromatic N) is 3. The molecule has 6 rings (SSSR count). The van der Waals surface area contributed by atoms with E-state index < -0.39 is 6.43 Å². The number of carbonyl (C=O) groups excluding carboxylic acids is 1. The van der Waals surface area contributed by atoms with Crippen LogP contribution in [0.1, 0.15) is 64.7 Å². The van der Waals surface area contributed by atoms with Crippen molar-refractivity contribution in [1.29, 1.82) is 0 Å². The fraction of sp³-hybridized carbons (Fsp3) is 0.741. The number of halogens is 2. The number of hydrogen-bond donors (Lipinski definition) is 0. The van der Waals surface area contributed by atoms with Crippen molar-refractivity contribution in [2.24, 2.45) is 46.8 Å². The Balaban J connectivity index is 1.16. The van der Waals surface area contributed by atoms with Gasteiger partial charge in [-0.15, -0.1) is 0 Å². The third-order valence-electron chi connectivity index (χ3n) is 10.4. The van der Waals surface area contributed by atoms with E-state index >= 15 is 0 Å². The molecule has 4 aliphatic rings. The quantitative estimate of drug-likeness (QED) is 0.555. The van der Waals surface area contributed by atoms with E-state index in [1.54, 1.807) is 17.1 Å². The van der Waals surface area contributed by atoms with Crippen molar-refractivity contribution in [3.05, 3.63) is 24.7 Å². The minimum absolute atomic E-state index is 0.0827. The molecule has 8 unspecified atom stereocenters. The first-order valence-corrected chi connectivity index (χ1v) is 13.0. The molecule has 4 aliphatic carbocycles. The zero-order chi connectivity index (χ0) is 22.7. The van der Waals surface area contributed by atoms with Gasteiger partial charge in [-0.25, -0.2) is 8.78 Å². The molecule has 6 heteroatoms. The number of alkyl halides is 2. The minimum Gasteiger partial charge on any atom is -0.297 e. The Morgan fingerprint density at radius 2 is 1.97 bits per heavy atom. The van der Waals surface area contributed by atoms with Crippen LogP contribution in [0.4, 0.5) is 8.78 Å². The van der Waals surface area contributed by atoms with E-state index in [0.29, 0.717) is 48.3 Å². The summed E-state index contributed by atoms with van der Waals surface area (Å²) in [6.07, 6.45) is 12.5. The lowest BCUT2D eigenvalue weighted by Gasteiger charge is -2.56. The Labute approximate surface area is 194 Å². The average molecular weight is 456 g/mol. The van der Waals surface area contributed by atoms with Gasteiger partial charge in [-0.2, -0.15) is 5.10 Å². The maximum absolute atomic E-state index is 13.5. The zero-order valence-electron chi connectivity index (χ0n) is 19.5. The molecule has 0 saturated heterocycles. The lowest BCUT2D eigenvalue weighted by atomic mass is 9.49. The van der Waals surface area contributed by atoms with Gasteiger partial charge in [0.05, 0.1) is 12.7 Å². The SMILES string of the molecule is CC12CCC3C4CCC(C(F)F)CC4CCC3C1CCC2C(=O)Cn1cc2ccncc2n1. The molecule has 4 saturated carbocycles. The van der Waals surface area contributed by atoms with Gasteiger partial charge in [0.2, 0.25) is 6.43 Å². The molecule has 33 heavy (non-hydrogen) atoms. The number of hydrogen-bond acceptors (Lipinski definition) is 3. The van der Waals surface area contributed by atoms with Crippen molar-refractivity contribution in [1.82, 2.24) is 14.8 Å². The summed E-state index contributed by atoms with van der Waals surface area (Å²) >= 11 is 0. The Morgan fingerprint density at radius 1 is 1.12 bits per heavy atom. The van der Waals surface area contributed by atoms with Crippen LogP contribution in [0.3, 0.4) is 0 Å². The predicted octanol–water partition coefficient (Wildman–Crippen LogP) is 6.15. The van der Waals surface area contributed by atoms with Crippen LogP contribution in [-0.2, 0) is 11.3 Å². The molecule has 2 heterocycles. The summed E-state index contributed by atoms with van der Waals surface area (Å²) in [4.78, 5) is 17.6. The molecule has 0 aromatic carbocycles. The number of fused-ring (bicyclic) bond motifs is 6. The lowest BCUT2D eigenvalue weighted by molar-refractivity contribution is -0.131. The third-order valence-corrected chi connectivity index (χ3v) is 10.4. The Morgan fingerprint density at radius 3 is 2.79 bits per heavy atom. The molecule has 2 aromatic heterocycles. The Bertz CT molecular complexity index is 1000. The van der Waals surface area contributed by atoms with Crippen LogP contribution in [0.2, 0.25) is 0 Å². The topological polar surface area (TPSA) is 47.8 Å². The van der Waals surface area contributed by atoms with Crippen LogP contribution >= 0.6 is 0 Å². The van der Waals surface area contributed by atoms with Crippen LogP contribution in [0.25, 0.3) is 10.9 Å². The van der Waals surface area contributed by atoms with Crippen molar-refractivity contribution in [2.75, 3.05) is 0 Å². The van der Waals surface area contributed by atoms with Gasteiger partial charge in [-0.3, -0.25) is 14.5 Å². The Kier molecular flexibility index (Phi) is 5.34. The van der Waals surface area contributed by atoms with Gasteiger partial charge in [0, 0.05) is 29.6 Å². The molecule has 4 nitrogen and oxygen atoms in total. The first-order chi connectivity index (χ1) is 15.9. The molecular formula is C27H35F2N3O. The zero-order valence-corrected chi connectivity index (χ0v) is 19.5. The number of rotatable bonds is 4. The summed E-state index contributed by atoms with van der Waals surface area (Å²) in [5, 5.41) is 5.58. The van der Waals surface area contributed by atoms with Gasteiger partial charge in [-0.05, 0) is 98.9 Å². The number of Topliss-reactive ketones (excluding diaryl/α,β-unsaturated/α-hetero) is 1. The summed E-state index contributed by atoms with van der Waals surface area (Å²) in [7, 11) is 0. The summed E-state index contributed by atoms with van der Waals surface area (Å²) in [5.41, 5.74) is 0.916. The molecule has 178 valence electrons. The van der Waals surface area contributed by atoms with Crippen molar-refractivity contribution in [3.63, 3.8) is 0 Å².